The summed E-state index contributed by atoms with van der Waals surface area (Å²) in [6.07, 6.45) is 1.10. The van der Waals surface area contributed by atoms with Crippen molar-refractivity contribution >= 4 is 17.1 Å². The number of benzene rings is 2. The van der Waals surface area contributed by atoms with Gasteiger partial charge in [-0.1, -0.05) is 6.07 Å². The van der Waals surface area contributed by atoms with E-state index in [1.165, 1.54) is 29.4 Å². The lowest BCUT2D eigenvalue weighted by Crippen LogP contribution is -2.44. The Morgan fingerprint density at radius 3 is 2.88 bits per heavy atom. The Morgan fingerprint density at radius 1 is 1.19 bits per heavy atom. The highest BCUT2D eigenvalue weighted by Gasteiger charge is 2.41. The van der Waals surface area contributed by atoms with Crippen LogP contribution in [0.5, 0.6) is 0 Å². The molecule has 0 aromatic heterocycles. The fraction of sp³-hybridized carbons (Fsp3) is 0.400. The van der Waals surface area contributed by atoms with Gasteiger partial charge in [0.15, 0.2) is 0 Å². The summed E-state index contributed by atoms with van der Waals surface area (Å²) >= 11 is 0. The Kier molecular flexibility index (Phi) is 3.83. The number of nitrogens with zero attached hydrogens (tertiary/aromatic N) is 1. The fourth-order valence-electron chi connectivity index (χ4n) is 4.62. The molecule has 2 N–H and O–H groups in total. The molecule has 0 aliphatic carbocycles. The first-order chi connectivity index (χ1) is 12.7. The quantitative estimate of drug-likeness (QED) is 0.863. The molecule has 5 rings (SSSR count). The molecule has 0 saturated carbocycles. The van der Waals surface area contributed by atoms with E-state index in [2.05, 4.69) is 21.6 Å². The van der Waals surface area contributed by atoms with Crippen molar-refractivity contribution < 1.29 is 13.5 Å². The van der Waals surface area contributed by atoms with Crippen molar-refractivity contribution in [1.82, 2.24) is 5.32 Å². The van der Waals surface area contributed by atoms with Crippen LogP contribution in [0.3, 0.4) is 0 Å². The highest BCUT2D eigenvalue weighted by Crippen LogP contribution is 2.47. The van der Waals surface area contributed by atoms with Crippen molar-refractivity contribution in [2.45, 2.75) is 25.0 Å². The van der Waals surface area contributed by atoms with Crippen LogP contribution < -0.4 is 15.5 Å². The zero-order valence-corrected chi connectivity index (χ0v) is 14.4. The Morgan fingerprint density at radius 2 is 2.04 bits per heavy atom. The van der Waals surface area contributed by atoms with E-state index in [0.717, 1.165) is 31.6 Å². The first-order valence-corrected chi connectivity index (χ1v) is 9.15. The van der Waals surface area contributed by atoms with Crippen molar-refractivity contribution in [3.05, 3.63) is 53.1 Å². The van der Waals surface area contributed by atoms with Gasteiger partial charge in [0.2, 0.25) is 0 Å². The van der Waals surface area contributed by atoms with Crippen molar-refractivity contribution in [2.24, 2.45) is 0 Å². The molecule has 0 spiro atoms. The maximum Gasteiger partial charge on any atom is 0.149 e. The average molecular weight is 357 g/mol. The summed E-state index contributed by atoms with van der Waals surface area (Å²) < 4.78 is 33.9. The number of piperidine rings is 1. The second-order valence-corrected chi connectivity index (χ2v) is 7.21. The topological polar surface area (TPSA) is 36.5 Å². The number of hydrogen-bond donors (Lipinski definition) is 2. The van der Waals surface area contributed by atoms with E-state index in [9.17, 15) is 8.78 Å². The molecule has 136 valence electrons. The number of fused-ring (bicyclic) bond motifs is 3. The van der Waals surface area contributed by atoms with Gasteiger partial charge in [-0.15, -0.1) is 0 Å². The van der Waals surface area contributed by atoms with Gasteiger partial charge in [0.05, 0.1) is 13.2 Å². The van der Waals surface area contributed by atoms with E-state index in [1.807, 2.05) is 6.07 Å². The van der Waals surface area contributed by atoms with Crippen LogP contribution in [-0.4, -0.2) is 32.3 Å². The first kappa shape index (κ1) is 16.0. The van der Waals surface area contributed by atoms with Crippen LogP contribution in [0.15, 0.2) is 30.3 Å². The van der Waals surface area contributed by atoms with Crippen molar-refractivity contribution in [3.63, 3.8) is 0 Å². The molecule has 3 heterocycles. The van der Waals surface area contributed by atoms with Gasteiger partial charge in [-0.25, -0.2) is 8.78 Å². The summed E-state index contributed by atoms with van der Waals surface area (Å²) in [4.78, 5) is 2.48. The van der Waals surface area contributed by atoms with E-state index in [1.54, 1.807) is 0 Å². The van der Waals surface area contributed by atoms with Crippen LogP contribution in [0.1, 0.15) is 23.5 Å². The maximum absolute atomic E-state index is 14.1. The van der Waals surface area contributed by atoms with Gasteiger partial charge >= 0.3 is 0 Å². The largest absolute Gasteiger partial charge is 0.375 e. The second kappa shape index (κ2) is 6.21. The molecule has 3 aliphatic heterocycles. The molecule has 1 fully saturated rings. The minimum absolute atomic E-state index is 0.109. The highest BCUT2D eigenvalue weighted by atomic mass is 19.1. The van der Waals surface area contributed by atoms with Crippen molar-refractivity contribution in [3.8, 4) is 0 Å². The molecule has 0 unspecified atom stereocenters. The standard InChI is InChI=1S/C20H21F2N3O/c21-16-2-1-3-17(22)19(16)24-13-8-12-11-26-7-6-25-18-4-5-23-10-15(18)14(9-13)20(12)25/h1-3,8-9,15,18,23-24H,4-7,10-11H2/t15-,18-/m0/s1. The molecule has 6 heteroatoms. The van der Waals surface area contributed by atoms with Crippen LogP contribution in [0.25, 0.3) is 0 Å². The number of halogens is 2. The van der Waals surface area contributed by atoms with Crippen LogP contribution in [0.4, 0.5) is 25.8 Å². The van der Waals surface area contributed by atoms with Gasteiger partial charge in [-0.2, -0.15) is 0 Å². The molecule has 2 aromatic carbocycles. The SMILES string of the molecule is Fc1cccc(F)c1Nc1cc2c3c(c1)[C@@H]1CNCC[C@@H]1N3CCOC2. The zero-order valence-electron chi connectivity index (χ0n) is 14.4. The number of para-hydroxylation sites is 1. The third-order valence-corrected chi connectivity index (χ3v) is 5.72. The molecule has 4 nitrogen and oxygen atoms in total. The molecule has 0 bridgehead atoms. The van der Waals surface area contributed by atoms with Gasteiger partial charge in [-0.3, -0.25) is 0 Å². The summed E-state index contributed by atoms with van der Waals surface area (Å²) in [5.74, 6) is -0.777. The van der Waals surface area contributed by atoms with E-state index in [4.69, 9.17) is 4.74 Å². The molecule has 0 amide bonds. The Bertz CT molecular complexity index is 837. The van der Waals surface area contributed by atoms with E-state index >= 15 is 0 Å². The maximum atomic E-state index is 14.1. The second-order valence-electron chi connectivity index (χ2n) is 7.21. The fourth-order valence-corrected chi connectivity index (χ4v) is 4.62. The molecule has 2 atom stereocenters. The monoisotopic (exact) mass is 357 g/mol. The number of anilines is 3. The summed E-state index contributed by atoms with van der Waals surface area (Å²) in [6.45, 7) is 4.09. The summed E-state index contributed by atoms with van der Waals surface area (Å²) in [7, 11) is 0. The van der Waals surface area contributed by atoms with Crippen LogP contribution in [0.2, 0.25) is 0 Å². The predicted octanol–water partition coefficient (Wildman–Crippen LogP) is 3.50. The number of rotatable bonds is 2. The molecular formula is C20H21F2N3O. The van der Waals surface area contributed by atoms with Crippen LogP contribution >= 0.6 is 0 Å². The molecule has 1 saturated heterocycles. The number of nitrogens with one attached hydrogen (secondary N) is 2. The van der Waals surface area contributed by atoms with Crippen LogP contribution in [-0.2, 0) is 11.3 Å². The van der Waals surface area contributed by atoms with E-state index in [0.29, 0.717) is 30.9 Å². The highest BCUT2D eigenvalue weighted by molar-refractivity contribution is 5.74. The van der Waals surface area contributed by atoms with Gasteiger partial charge in [-0.05, 0) is 42.8 Å². The van der Waals surface area contributed by atoms with Crippen molar-refractivity contribution in [1.29, 1.82) is 0 Å². The third kappa shape index (κ3) is 2.47. The minimum atomic E-state index is -0.591. The average Bonchev–Trinajstić information content (AvgIpc) is 2.81. The lowest BCUT2D eigenvalue weighted by atomic mass is 9.89. The lowest BCUT2D eigenvalue weighted by molar-refractivity contribution is 0.130. The Labute approximate surface area is 151 Å². The minimum Gasteiger partial charge on any atom is -0.375 e. The lowest BCUT2D eigenvalue weighted by Gasteiger charge is -2.33. The molecule has 3 aliphatic rings. The zero-order chi connectivity index (χ0) is 17.7. The van der Waals surface area contributed by atoms with E-state index < -0.39 is 11.6 Å². The summed E-state index contributed by atoms with van der Waals surface area (Å²) in [5.41, 5.74) is 4.21. The predicted molar refractivity (Wildman–Crippen MR) is 97.1 cm³/mol. The third-order valence-electron chi connectivity index (χ3n) is 5.72. The smallest absolute Gasteiger partial charge is 0.149 e. The molecular weight excluding hydrogens is 336 g/mol. The van der Waals surface area contributed by atoms with Gasteiger partial charge in [0.1, 0.15) is 17.3 Å². The number of ether oxygens (including phenoxy) is 1. The summed E-state index contributed by atoms with van der Waals surface area (Å²) in [6, 6.07) is 8.40. The molecule has 0 radical (unpaired) electrons. The van der Waals surface area contributed by atoms with Gasteiger partial charge in [0.25, 0.3) is 0 Å². The molecule has 26 heavy (non-hydrogen) atoms. The first-order valence-electron chi connectivity index (χ1n) is 9.15. The Balaban J connectivity index is 1.59. The van der Waals surface area contributed by atoms with Crippen LogP contribution in [0, 0.1) is 11.6 Å². The van der Waals surface area contributed by atoms with Crippen molar-refractivity contribution in [2.75, 3.05) is 36.5 Å². The van der Waals surface area contributed by atoms with Gasteiger partial charge < -0.3 is 20.3 Å². The Hall–Kier alpha value is -2.18. The normalized spacial score (nSPS) is 24.0. The molecule has 2 aromatic rings. The van der Waals surface area contributed by atoms with Gasteiger partial charge in [0, 0.05) is 42.0 Å². The van der Waals surface area contributed by atoms with E-state index in [-0.39, 0.29) is 5.69 Å². The summed E-state index contributed by atoms with van der Waals surface area (Å²) in [5, 5.41) is 6.44. The number of hydrogen-bond acceptors (Lipinski definition) is 4.